The summed E-state index contributed by atoms with van der Waals surface area (Å²) in [5, 5.41) is 15.3. The largest absolute Gasteiger partial charge is 0.371 e. The number of fused-ring (bicyclic) bond motifs is 2. The van der Waals surface area contributed by atoms with E-state index in [0.717, 1.165) is 18.2 Å². The highest BCUT2D eigenvalue weighted by atomic mass is 16.5. The molecule has 0 bridgehead atoms. The summed E-state index contributed by atoms with van der Waals surface area (Å²) >= 11 is 0. The second-order valence-corrected chi connectivity index (χ2v) is 13.4. The van der Waals surface area contributed by atoms with Gasteiger partial charge in [0.2, 0.25) is 23.6 Å². The minimum absolute atomic E-state index is 0.104. The molecule has 2 heterocycles. The topological polar surface area (TPSA) is 157 Å². The molecule has 1 aromatic heterocycles. The van der Waals surface area contributed by atoms with Gasteiger partial charge >= 0.3 is 0 Å². The zero-order valence-electron chi connectivity index (χ0n) is 24.5. The molecule has 41 heavy (non-hydrogen) atoms. The van der Waals surface area contributed by atoms with Gasteiger partial charge in [-0.25, -0.2) is 0 Å². The molecule has 1 aliphatic heterocycles. The molecule has 3 unspecified atom stereocenters. The van der Waals surface area contributed by atoms with E-state index < -0.39 is 41.5 Å². The second kappa shape index (κ2) is 10.3. The van der Waals surface area contributed by atoms with Crippen molar-refractivity contribution < 1.29 is 23.9 Å². The van der Waals surface area contributed by atoms with Crippen molar-refractivity contribution in [1.29, 1.82) is 0 Å². The number of nitrogens with one attached hydrogen (secondary N) is 2. The third-order valence-electron chi connectivity index (χ3n) is 9.17. The van der Waals surface area contributed by atoms with Gasteiger partial charge in [-0.15, -0.1) is 0 Å². The van der Waals surface area contributed by atoms with Crippen molar-refractivity contribution in [2.75, 3.05) is 13.7 Å². The van der Waals surface area contributed by atoms with Gasteiger partial charge in [-0.2, -0.15) is 10.2 Å². The lowest BCUT2D eigenvalue weighted by Gasteiger charge is -2.38. The Balaban J connectivity index is 1.42. The number of primary amides is 1. The van der Waals surface area contributed by atoms with Crippen LogP contribution >= 0.6 is 0 Å². The van der Waals surface area contributed by atoms with Crippen molar-refractivity contribution in [2.45, 2.75) is 71.7 Å². The van der Waals surface area contributed by atoms with Crippen LogP contribution in [-0.2, 0) is 23.9 Å². The zero-order chi connectivity index (χ0) is 29.9. The Bertz CT molecular complexity index is 1380. The highest BCUT2D eigenvalue weighted by Crippen LogP contribution is 2.65. The number of methoxy groups -OCH3 is 1. The van der Waals surface area contributed by atoms with Gasteiger partial charge in [-0.3, -0.25) is 19.2 Å². The Kier molecular flexibility index (Phi) is 7.30. The first-order chi connectivity index (χ1) is 19.3. The van der Waals surface area contributed by atoms with Gasteiger partial charge in [-0.1, -0.05) is 58.9 Å². The first kappa shape index (κ1) is 28.9. The second-order valence-electron chi connectivity index (χ2n) is 13.4. The lowest BCUT2D eigenvalue weighted by atomic mass is 9.85. The van der Waals surface area contributed by atoms with Gasteiger partial charge in [0.15, 0.2) is 6.04 Å². The summed E-state index contributed by atoms with van der Waals surface area (Å²) in [6, 6.07) is 4.32. The van der Waals surface area contributed by atoms with Crippen LogP contribution < -0.4 is 16.4 Å². The SMILES string of the molecule is COC(C(=O)NC(C(=O)N1C[C@H]2[C@@H]([C@H]1C(=O)NC(C(N)=O)c1nncc3ccccc13)C2(C)C)C(C)(C)C)C1CC1. The van der Waals surface area contributed by atoms with E-state index in [1.54, 1.807) is 23.2 Å². The lowest BCUT2D eigenvalue weighted by molar-refractivity contribution is -0.147. The fourth-order valence-corrected chi connectivity index (χ4v) is 6.53. The molecular formula is C30H40N6O5. The van der Waals surface area contributed by atoms with Crippen LogP contribution in [0.1, 0.15) is 59.2 Å². The third-order valence-corrected chi connectivity index (χ3v) is 9.17. The average Bonchev–Trinajstić information content (AvgIpc) is 3.78. The number of ether oxygens (including phenoxy) is 1. The summed E-state index contributed by atoms with van der Waals surface area (Å²) in [5.74, 6) is -1.76. The molecule has 0 radical (unpaired) electrons. The van der Waals surface area contributed by atoms with Gasteiger partial charge in [0.05, 0.1) is 6.20 Å². The Morgan fingerprint density at radius 2 is 1.80 bits per heavy atom. The number of nitrogens with two attached hydrogens (primary N) is 1. The molecule has 6 atom stereocenters. The Morgan fingerprint density at radius 1 is 1.12 bits per heavy atom. The number of likely N-dealkylation sites (tertiary alicyclic amines) is 1. The van der Waals surface area contributed by atoms with E-state index in [0.29, 0.717) is 11.9 Å². The summed E-state index contributed by atoms with van der Waals surface area (Å²) < 4.78 is 5.45. The van der Waals surface area contributed by atoms with Crippen molar-refractivity contribution in [3.8, 4) is 0 Å². The smallest absolute Gasteiger partial charge is 0.250 e. The molecule has 5 rings (SSSR count). The zero-order valence-corrected chi connectivity index (χ0v) is 24.5. The van der Waals surface area contributed by atoms with Crippen LogP contribution in [0.15, 0.2) is 30.5 Å². The van der Waals surface area contributed by atoms with E-state index in [2.05, 4.69) is 34.7 Å². The monoisotopic (exact) mass is 564 g/mol. The number of carbonyl (C=O) groups is 4. The van der Waals surface area contributed by atoms with Crippen LogP contribution in [0.5, 0.6) is 0 Å². The first-order valence-electron chi connectivity index (χ1n) is 14.2. The molecule has 1 aromatic carbocycles. The fraction of sp³-hybridized carbons (Fsp3) is 0.600. The third kappa shape index (κ3) is 5.27. The Morgan fingerprint density at radius 3 is 2.41 bits per heavy atom. The van der Waals surface area contributed by atoms with Gasteiger partial charge in [0, 0.05) is 24.4 Å². The number of carbonyl (C=O) groups excluding carboxylic acids is 4. The molecule has 4 amide bonds. The van der Waals surface area contributed by atoms with Crippen LogP contribution in [0.2, 0.25) is 0 Å². The van der Waals surface area contributed by atoms with Crippen molar-refractivity contribution in [2.24, 2.45) is 34.3 Å². The molecule has 2 aromatic rings. The fourth-order valence-electron chi connectivity index (χ4n) is 6.53. The number of amides is 4. The molecule has 3 fully saturated rings. The van der Waals surface area contributed by atoms with E-state index in [1.165, 1.54) is 7.11 Å². The number of hydrogen-bond acceptors (Lipinski definition) is 7. The predicted octanol–water partition coefficient (Wildman–Crippen LogP) is 1.71. The molecule has 2 aliphatic carbocycles. The van der Waals surface area contributed by atoms with E-state index in [4.69, 9.17) is 10.5 Å². The molecule has 220 valence electrons. The molecule has 1 saturated heterocycles. The van der Waals surface area contributed by atoms with Crippen molar-refractivity contribution in [1.82, 2.24) is 25.7 Å². The van der Waals surface area contributed by atoms with Gasteiger partial charge in [0.1, 0.15) is 23.9 Å². The average molecular weight is 565 g/mol. The van der Waals surface area contributed by atoms with Crippen molar-refractivity contribution in [3.05, 3.63) is 36.2 Å². The maximum atomic E-state index is 14.2. The van der Waals surface area contributed by atoms with E-state index in [-0.39, 0.29) is 40.7 Å². The number of nitrogens with zero attached hydrogens (tertiary/aromatic N) is 3. The maximum absolute atomic E-state index is 14.2. The molecule has 4 N–H and O–H groups in total. The number of aromatic nitrogens is 2. The Hall–Kier alpha value is -3.60. The number of rotatable bonds is 9. The molecular weight excluding hydrogens is 524 g/mol. The summed E-state index contributed by atoms with van der Waals surface area (Å²) in [7, 11) is 1.50. The lowest BCUT2D eigenvalue weighted by Crippen LogP contribution is -2.60. The molecule has 0 spiro atoms. The van der Waals surface area contributed by atoms with Gasteiger partial charge < -0.3 is 26.0 Å². The Labute approximate surface area is 239 Å². The van der Waals surface area contributed by atoms with Crippen molar-refractivity contribution >= 4 is 34.4 Å². The van der Waals surface area contributed by atoms with E-state index >= 15 is 0 Å². The van der Waals surface area contributed by atoms with Crippen LogP contribution in [0, 0.1) is 28.6 Å². The standard InChI is InChI=1S/C30H40N6O5/c1-29(2,3)24(34-27(39)23(41-6)15-11-12-15)28(40)36-14-18-19(30(18,4)5)22(36)26(38)33-21(25(31)37)20-17-10-8-7-9-16(17)13-32-35-20/h7-10,13,15,18-19,21-24H,11-12,14H2,1-6H3,(H2,31,37)(H,33,38)(H,34,39)/t18-,19-,21?,22-,23?,24?/m0/s1. The minimum atomic E-state index is -1.24. The van der Waals surface area contributed by atoms with E-state index in [1.807, 2.05) is 32.9 Å². The molecule has 11 nitrogen and oxygen atoms in total. The van der Waals surface area contributed by atoms with E-state index in [9.17, 15) is 19.2 Å². The predicted molar refractivity (Wildman–Crippen MR) is 151 cm³/mol. The quantitative estimate of drug-likeness (QED) is 0.419. The number of piperidine rings is 1. The maximum Gasteiger partial charge on any atom is 0.250 e. The first-order valence-corrected chi connectivity index (χ1v) is 14.2. The van der Waals surface area contributed by atoms with Crippen LogP contribution in [0.25, 0.3) is 10.8 Å². The van der Waals surface area contributed by atoms with Gasteiger partial charge in [-0.05, 0) is 41.4 Å². The molecule has 2 saturated carbocycles. The summed E-state index contributed by atoms with van der Waals surface area (Å²) in [6.07, 6.45) is 2.78. The number of benzene rings is 1. The van der Waals surface area contributed by atoms with Crippen LogP contribution in [0.3, 0.4) is 0 Å². The van der Waals surface area contributed by atoms with Crippen LogP contribution in [-0.4, -0.2) is 70.6 Å². The minimum Gasteiger partial charge on any atom is -0.371 e. The molecule has 11 heteroatoms. The van der Waals surface area contributed by atoms with Gasteiger partial charge in [0.25, 0.3) is 0 Å². The highest BCUT2D eigenvalue weighted by Gasteiger charge is 2.70. The normalized spacial score (nSPS) is 25.1. The summed E-state index contributed by atoms with van der Waals surface area (Å²) in [5.41, 5.74) is 5.22. The molecule has 3 aliphatic rings. The number of hydrogen-bond donors (Lipinski definition) is 3. The summed E-state index contributed by atoms with van der Waals surface area (Å²) in [6.45, 7) is 10.2. The van der Waals surface area contributed by atoms with Crippen molar-refractivity contribution in [3.63, 3.8) is 0 Å². The highest BCUT2D eigenvalue weighted by molar-refractivity contribution is 5.97. The van der Waals surface area contributed by atoms with Crippen LogP contribution in [0.4, 0.5) is 0 Å². The summed E-state index contributed by atoms with van der Waals surface area (Å²) in [4.78, 5) is 55.5.